The molecular formula is C21H23N3O6. The summed E-state index contributed by atoms with van der Waals surface area (Å²) in [6.45, 7) is 3.66. The fraction of sp³-hybridized carbons (Fsp3) is 0.333. The van der Waals surface area contributed by atoms with Gasteiger partial charge in [-0.3, -0.25) is 14.9 Å². The minimum absolute atomic E-state index is 0.0727. The third-order valence-electron chi connectivity index (χ3n) is 4.77. The molecule has 1 aliphatic heterocycles. The molecule has 0 aromatic heterocycles. The number of para-hydroxylation sites is 1. The molecule has 2 aromatic rings. The van der Waals surface area contributed by atoms with Crippen LogP contribution in [0.15, 0.2) is 54.6 Å². The average Bonchev–Trinajstić information content (AvgIpc) is 2.78. The van der Waals surface area contributed by atoms with Crippen LogP contribution in [0.25, 0.3) is 0 Å². The van der Waals surface area contributed by atoms with Gasteiger partial charge in [-0.25, -0.2) is 4.79 Å². The van der Waals surface area contributed by atoms with Crippen molar-refractivity contribution in [2.24, 2.45) is 0 Å². The van der Waals surface area contributed by atoms with Crippen molar-refractivity contribution < 1.29 is 24.0 Å². The van der Waals surface area contributed by atoms with E-state index in [0.717, 1.165) is 5.69 Å². The van der Waals surface area contributed by atoms with Gasteiger partial charge in [0.1, 0.15) is 5.75 Å². The minimum Gasteiger partial charge on any atom is -0.482 e. The number of benzene rings is 2. The molecule has 158 valence electrons. The summed E-state index contributed by atoms with van der Waals surface area (Å²) in [5, 5.41) is 10.6. The van der Waals surface area contributed by atoms with E-state index in [9.17, 15) is 19.7 Å². The molecule has 1 aliphatic rings. The van der Waals surface area contributed by atoms with E-state index in [4.69, 9.17) is 9.47 Å². The summed E-state index contributed by atoms with van der Waals surface area (Å²) >= 11 is 0. The number of carbonyl (C=O) groups is 2. The zero-order chi connectivity index (χ0) is 21.5. The Morgan fingerprint density at radius 3 is 2.27 bits per heavy atom. The van der Waals surface area contributed by atoms with Crippen molar-refractivity contribution in [2.45, 2.75) is 13.0 Å². The van der Waals surface area contributed by atoms with Crippen molar-refractivity contribution in [3.63, 3.8) is 0 Å². The third-order valence-corrected chi connectivity index (χ3v) is 4.77. The lowest BCUT2D eigenvalue weighted by Gasteiger charge is -2.37. The lowest BCUT2D eigenvalue weighted by Crippen LogP contribution is -2.51. The van der Waals surface area contributed by atoms with Gasteiger partial charge in [0, 0.05) is 44.0 Å². The average molecular weight is 413 g/mol. The molecule has 0 saturated carbocycles. The molecule has 1 heterocycles. The molecule has 0 spiro atoms. The van der Waals surface area contributed by atoms with E-state index in [0.29, 0.717) is 31.9 Å². The van der Waals surface area contributed by atoms with Crippen LogP contribution < -0.4 is 9.64 Å². The number of nitro benzene ring substituents is 1. The molecule has 0 N–H and O–H groups in total. The Morgan fingerprint density at radius 2 is 1.67 bits per heavy atom. The van der Waals surface area contributed by atoms with Crippen LogP contribution in [0.3, 0.4) is 0 Å². The Morgan fingerprint density at radius 1 is 1.03 bits per heavy atom. The smallest absolute Gasteiger partial charge is 0.344 e. The number of non-ortho nitro benzene ring substituents is 1. The van der Waals surface area contributed by atoms with Crippen molar-refractivity contribution in [3.8, 4) is 5.75 Å². The van der Waals surface area contributed by atoms with Gasteiger partial charge < -0.3 is 19.3 Å². The quantitative estimate of drug-likeness (QED) is 0.390. The molecule has 3 rings (SSSR count). The zero-order valence-corrected chi connectivity index (χ0v) is 16.6. The Balaban J connectivity index is 1.42. The molecule has 1 atom stereocenters. The van der Waals surface area contributed by atoms with Gasteiger partial charge in [0.25, 0.3) is 11.6 Å². The molecule has 2 aromatic carbocycles. The number of anilines is 1. The van der Waals surface area contributed by atoms with Gasteiger partial charge in [-0.2, -0.15) is 0 Å². The van der Waals surface area contributed by atoms with Gasteiger partial charge in [0.2, 0.25) is 0 Å². The summed E-state index contributed by atoms with van der Waals surface area (Å²) in [4.78, 5) is 38.6. The monoisotopic (exact) mass is 413 g/mol. The molecular weight excluding hydrogens is 390 g/mol. The number of carbonyl (C=O) groups excluding carboxylic acids is 2. The Bertz CT molecular complexity index is 879. The predicted octanol–water partition coefficient (Wildman–Crippen LogP) is 2.25. The van der Waals surface area contributed by atoms with E-state index in [1.165, 1.54) is 31.2 Å². The molecule has 1 saturated heterocycles. The largest absolute Gasteiger partial charge is 0.482 e. The topological polar surface area (TPSA) is 102 Å². The summed E-state index contributed by atoms with van der Waals surface area (Å²) in [7, 11) is 0. The third kappa shape index (κ3) is 5.47. The Labute approximate surface area is 173 Å². The number of esters is 1. The van der Waals surface area contributed by atoms with E-state index in [2.05, 4.69) is 4.90 Å². The molecule has 0 bridgehead atoms. The van der Waals surface area contributed by atoms with Crippen molar-refractivity contribution in [1.29, 1.82) is 0 Å². The van der Waals surface area contributed by atoms with E-state index in [1.54, 1.807) is 4.90 Å². The van der Waals surface area contributed by atoms with E-state index >= 15 is 0 Å². The van der Waals surface area contributed by atoms with Crippen LogP contribution in [-0.4, -0.2) is 60.6 Å². The van der Waals surface area contributed by atoms with Crippen LogP contribution in [0, 0.1) is 10.1 Å². The molecule has 0 aliphatic carbocycles. The highest BCUT2D eigenvalue weighted by Crippen LogP contribution is 2.18. The number of rotatable bonds is 7. The van der Waals surface area contributed by atoms with Crippen molar-refractivity contribution in [2.75, 3.05) is 37.7 Å². The lowest BCUT2D eigenvalue weighted by atomic mass is 10.2. The van der Waals surface area contributed by atoms with E-state index in [1.807, 2.05) is 30.3 Å². The first kappa shape index (κ1) is 21.1. The van der Waals surface area contributed by atoms with E-state index < -0.39 is 23.6 Å². The minimum atomic E-state index is -0.916. The first-order chi connectivity index (χ1) is 14.4. The van der Waals surface area contributed by atoms with Crippen LogP contribution in [0.1, 0.15) is 6.92 Å². The normalized spacial score (nSPS) is 14.7. The Kier molecular flexibility index (Phi) is 6.84. The summed E-state index contributed by atoms with van der Waals surface area (Å²) in [6.07, 6.45) is -0.916. The zero-order valence-electron chi connectivity index (χ0n) is 16.6. The van der Waals surface area contributed by atoms with Crippen molar-refractivity contribution >= 4 is 23.3 Å². The number of nitro groups is 1. The van der Waals surface area contributed by atoms with Gasteiger partial charge in [0.15, 0.2) is 12.7 Å². The van der Waals surface area contributed by atoms with Gasteiger partial charge in [-0.05, 0) is 31.2 Å². The van der Waals surface area contributed by atoms with Gasteiger partial charge >= 0.3 is 5.97 Å². The molecule has 1 amide bonds. The number of hydrogen-bond donors (Lipinski definition) is 0. The summed E-state index contributed by atoms with van der Waals surface area (Å²) in [5.74, 6) is -0.628. The second-order valence-electron chi connectivity index (χ2n) is 6.82. The van der Waals surface area contributed by atoms with Crippen LogP contribution in [0.4, 0.5) is 11.4 Å². The predicted molar refractivity (Wildman–Crippen MR) is 109 cm³/mol. The highest BCUT2D eigenvalue weighted by Gasteiger charge is 2.27. The number of piperazine rings is 1. The highest BCUT2D eigenvalue weighted by atomic mass is 16.6. The molecule has 1 fully saturated rings. The number of nitrogens with zero attached hydrogens (tertiary/aromatic N) is 3. The maximum atomic E-state index is 12.6. The Hall–Kier alpha value is -3.62. The number of amides is 1. The number of ether oxygens (including phenoxy) is 2. The summed E-state index contributed by atoms with van der Waals surface area (Å²) in [6, 6.07) is 15.3. The maximum absolute atomic E-state index is 12.6. The second kappa shape index (κ2) is 9.73. The van der Waals surface area contributed by atoms with Crippen LogP contribution >= 0.6 is 0 Å². The lowest BCUT2D eigenvalue weighted by molar-refractivity contribution is -0.384. The summed E-state index contributed by atoms with van der Waals surface area (Å²) < 4.78 is 10.4. The molecule has 0 unspecified atom stereocenters. The van der Waals surface area contributed by atoms with Crippen LogP contribution in [0.5, 0.6) is 5.75 Å². The SMILES string of the molecule is C[C@@H](OC(=O)COc1ccc([N+](=O)[O-])cc1)C(=O)N1CCN(c2ccccc2)CC1. The van der Waals surface area contributed by atoms with Crippen molar-refractivity contribution in [3.05, 3.63) is 64.7 Å². The molecule has 9 nitrogen and oxygen atoms in total. The number of hydrogen-bond acceptors (Lipinski definition) is 7. The molecule has 0 radical (unpaired) electrons. The fourth-order valence-electron chi connectivity index (χ4n) is 3.17. The summed E-state index contributed by atoms with van der Waals surface area (Å²) in [5.41, 5.74) is 1.05. The molecule has 9 heteroatoms. The molecule has 30 heavy (non-hydrogen) atoms. The maximum Gasteiger partial charge on any atom is 0.344 e. The van der Waals surface area contributed by atoms with Crippen LogP contribution in [0.2, 0.25) is 0 Å². The van der Waals surface area contributed by atoms with Gasteiger partial charge in [-0.15, -0.1) is 0 Å². The first-order valence-electron chi connectivity index (χ1n) is 9.59. The highest BCUT2D eigenvalue weighted by molar-refractivity contribution is 5.84. The van der Waals surface area contributed by atoms with Gasteiger partial charge in [-0.1, -0.05) is 18.2 Å². The van der Waals surface area contributed by atoms with Gasteiger partial charge in [0.05, 0.1) is 4.92 Å². The van der Waals surface area contributed by atoms with E-state index in [-0.39, 0.29) is 11.6 Å². The van der Waals surface area contributed by atoms with Crippen LogP contribution in [-0.2, 0) is 14.3 Å². The van der Waals surface area contributed by atoms with Crippen molar-refractivity contribution in [1.82, 2.24) is 4.90 Å². The first-order valence-corrected chi connectivity index (χ1v) is 9.59. The standard InChI is InChI=1S/C21H23N3O6/c1-16(30-20(25)15-29-19-9-7-18(8-10-19)24(27)28)21(26)23-13-11-22(12-14-23)17-5-3-2-4-6-17/h2-10,16H,11-15H2,1H3/t16-/m1/s1. The second-order valence-corrected chi connectivity index (χ2v) is 6.82. The fourth-order valence-corrected chi connectivity index (χ4v) is 3.17.